The fraction of sp³-hybridized carbons (Fsp3) is 0.158. The summed E-state index contributed by atoms with van der Waals surface area (Å²) in [4.78, 5) is 33.5. The van der Waals surface area contributed by atoms with E-state index in [2.05, 4.69) is 16.5 Å². The molecule has 0 aliphatic carbocycles. The number of rotatable bonds is 7. The number of hydrogen-bond acceptors (Lipinski definition) is 6. The van der Waals surface area contributed by atoms with Crippen LogP contribution in [0.4, 0.5) is 13.2 Å². The first-order valence-corrected chi connectivity index (χ1v) is 10.2. The van der Waals surface area contributed by atoms with Crippen molar-refractivity contribution in [2.24, 2.45) is 0 Å². The molecular formula is C19H14ClF3N4O3S. The Bertz CT molecular complexity index is 1280. The molecule has 1 aromatic carbocycles. The lowest BCUT2D eigenvalue weighted by atomic mass is 10.2. The van der Waals surface area contributed by atoms with Crippen LogP contribution in [0.2, 0.25) is 5.02 Å². The second kappa shape index (κ2) is 9.40. The van der Waals surface area contributed by atoms with Gasteiger partial charge in [-0.15, -0.1) is 0 Å². The molecule has 12 heteroatoms. The van der Waals surface area contributed by atoms with Crippen molar-refractivity contribution in [1.29, 1.82) is 0 Å². The molecule has 31 heavy (non-hydrogen) atoms. The third-order valence-corrected chi connectivity index (χ3v) is 5.00. The highest BCUT2D eigenvalue weighted by Gasteiger charge is 2.21. The topological polar surface area (TPSA) is 79.0 Å². The van der Waals surface area contributed by atoms with E-state index in [0.717, 1.165) is 16.3 Å². The fourth-order valence-electron chi connectivity index (χ4n) is 2.69. The largest absolute Gasteiger partial charge is 0.486 e. The first-order valence-electron chi connectivity index (χ1n) is 8.57. The van der Waals surface area contributed by atoms with Gasteiger partial charge in [-0.05, 0) is 12.3 Å². The Labute approximate surface area is 182 Å². The Morgan fingerprint density at radius 2 is 1.90 bits per heavy atom. The Kier molecular flexibility index (Phi) is 6.86. The van der Waals surface area contributed by atoms with Crippen molar-refractivity contribution >= 4 is 23.4 Å². The third-order valence-electron chi connectivity index (χ3n) is 4.06. The van der Waals surface area contributed by atoms with E-state index in [1.165, 1.54) is 18.5 Å². The van der Waals surface area contributed by atoms with E-state index in [0.29, 0.717) is 16.7 Å². The number of halogens is 4. The van der Waals surface area contributed by atoms with Crippen LogP contribution >= 0.6 is 23.4 Å². The lowest BCUT2D eigenvalue weighted by Gasteiger charge is -2.16. The molecule has 0 saturated heterocycles. The summed E-state index contributed by atoms with van der Waals surface area (Å²) >= 11 is 7.05. The van der Waals surface area contributed by atoms with Crippen LogP contribution in [0.1, 0.15) is 5.56 Å². The minimum absolute atomic E-state index is 0.0139. The highest BCUT2D eigenvalue weighted by molar-refractivity contribution is 7.98. The zero-order chi connectivity index (χ0) is 22.7. The number of benzene rings is 1. The van der Waals surface area contributed by atoms with Crippen LogP contribution in [-0.4, -0.2) is 32.0 Å². The first kappa shape index (κ1) is 22.6. The third kappa shape index (κ3) is 4.52. The van der Waals surface area contributed by atoms with Crippen molar-refractivity contribution in [1.82, 2.24) is 19.1 Å². The summed E-state index contributed by atoms with van der Waals surface area (Å²) in [6.45, 7) is 3.03. The maximum absolute atomic E-state index is 14.2. The monoisotopic (exact) mass is 470 g/mol. The molecule has 162 valence electrons. The van der Waals surface area contributed by atoms with E-state index in [4.69, 9.17) is 16.3 Å². The predicted octanol–water partition coefficient (Wildman–Crippen LogP) is 3.19. The quantitative estimate of drug-likeness (QED) is 0.300. The average Bonchev–Trinajstić information content (AvgIpc) is 2.73. The summed E-state index contributed by atoms with van der Waals surface area (Å²) in [5, 5.41) is -0.0308. The summed E-state index contributed by atoms with van der Waals surface area (Å²) in [6.07, 6.45) is 5.41. The van der Waals surface area contributed by atoms with Crippen molar-refractivity contribution in [3.63, 3.8) is 0 Å². The zero-order valence-electron chi connectivity index (χ0n) is 15.9. The first-order chi connectivity index (χ1) is 14.8. The van der Waals surface area contributed by atoms with Crippen LogP contribution in [0.25, 0.3) is 5.69 Å². The normalized spacial score (nSPS) is 10.9. The van der Waals surface area contributed by atoms with Gasteiger partial charge >= 0.3 is 11.4 Å². The number of hydrogen-bond donors (Lipinski definition) is 0. The minimum atomic E-state index is -1.37. The predicted molar refractivity (Wildman–Crippen MR) is 110 cm³/mol. The van der Waals surface area contributed by atoms with Crippen LogP contribution in [-0.2, 0) is 6.54 Å². The van der Waals surface area contributed by atoms with Gasteiger partial charge in [0, 0.05) is 17.8 Å². The van der Waals surface area contributed by atoms with Crippen molar-refractivity contribution < 1.29 is 17.9 Å². The number of pyridine rings is 1. The van der Waals surface area contributed by atoms with E-state index in [1.54, 1.807) is 6.26 Å². The molecule has 2 heterocycles. The Morgan fingerprint density at radius 1 is 1.19 bits per heavy atom. The minimum Gasteiger partial charge on any atom is -0.486 e. The van der Waals surface area contributed by atoms with E-state index >= 15 is 0 Å². The molecule has 0 unspecified atom stereocenters. The lowest BCUT2D eigenvalue weighted by Crippen LogP contribution is -2.42. The summed E-state index contributed by atoms with van der Waals surface area (Å²) in [5.74, 6) is -3.72. The maximum Gasteiger partial charge on any atom is 0.358 e. The van der Waals surface area contributed by atoms with Gasteiger partial charge in [0.25, 0.3) is 0 Å². The summed E-state index contributed by atoms with van der Waals surface area (Å²) in [7, 11) is 0. The van der Waals surface area contributed by atoms with Crippen molar-refractivity contribution in [2.75, 3.05) is 12.9 Å². The van der Waals surface area contributed by atoms with Crippen LogP contribution in [0.15, 0.2) is 51.9 Å². The van der Waals surface area contributed by atoms with Crippen LogP contribution in [0, 0.1) is 17.5 Å². The maximum atomic E-state index is 14.2. The molecule has 0 aliphatic heterocycles. The van der Waals surface area contributed by atoms with Gasteiger partial charge in [-0.25, -0.2) is 27.3 Å². The zero-order valence-corrected chi connectivity index (χ0v) is 17.5. The molecule has 0 radical (unpaired) electrons. The highest BCUT2D eigenvalue weighted by atomic mass is 35.5. The highest BCUT2D eigenvalue weighted by Crippen LogP contribution is 2.29. The standard InChI is InChI=1S/C19H14ClF3N4O3S/c1-3-4-30-16-11(20)7-24-8-15(16)27-17(28)25-18(31-2)26(19(27)29)9-10-5-13(22)14(23)6-12(10)21/h3,5-8H,1,4,9H2,2H3. The molecule has 0 fully saturated rings. The summed E-state index contributed by atoms with van der Waals surface area (Å²) in [6, 6.07) is 1.01. The van der Waals surface area contributed by atoms with Crippen LogP contribution in [0.5, 0.6) is 5.75 Å². The molecule has 3 rings (SSSR count). The second-order valence-electron chi connectivity index (χ2n) is 6.01. The molecule has 2 aromatic heterocycles. The van der Waals surface area contributed by atoms with Gasteiger partial charge in [0.2, 0.25) is 0 Å². The molecule has 0 saturated carbocycles. The van der Waals surface area contributed by atoms with Crippen molar-refractivity contribution in [3.05, 3.63) is 86.2 Å². The van der Waals surface area contributed by atoms with Gasteiger partial charge in [-0.3, -0.25) is 9.55 Å². The molecule has 0 aliphatic rings. The number of nitrogens with zero attached hydrogens (tertiary/aromatic N) is 4. The SMILES string of the molecule is C=CCOc1c(Cl)cncc1-n1c(=O)nc(SC)n(Cc2cc(F)c(F)cc2F)c1=O. The molecular weight excluding hydrogens is 457 g/mol. The molecule has 0 N–H and O–H groups in total. The van der Waals surface area contributed by atoms with Gasteiger partial charge in [0.05, 0.1) is 12.7 Å². The Morgan fingerprint density at radius 3 is 2.58 bits per heavy atom. The van der Waals surface area contributed by atoms with Crippen molar-refractivity contribution in [2.45, 2.75) is 11.7 Å². The molecule has 0 atom stereocenters. The van der Waals surface area contributed by atoms with Gasteiger partial charge in [0.1, 0.15) is 23.1 Å². The van der Waals surface area contributed by atoms with Crippen LogP contribution in [0.3, 0.4) is 0 Å². The average molecular weight is 471 g/mol. The summed E-state index contributed by atoms with van der Waals surface area (Å²) < 4.78 is 48.1. The lowest BCUT2D eigenvalue weighted by molar-refractivity contribution is 0.360. The van der Waals surface area contributed by atoms with Gasteiger partial charge in [0.15, 0.2) is 22.5 Å². The van der Waals surface area contributed by atoms with E-state index < -0.39 is 35.4 Å². The molecule has 0 spiro atoms. The molecule has 3 aromatic rings. The summed E-state index contributed by atoms with van der Waals surface area (Å²) in [5.41, 5.74) is -2.29. The number of aromatic nitrogens is 4. The van der Waals surface area contributed by atoms with Gasteiger partial charge in [-0.2, -0.15) is 4.98 Å². The number of thioether (sulfide) groups is 1. The number of ether oxygens (including phenoxy) is 1. The second-order valence-corrected chi connectivity index (χ2v) is 7.19. The van der Waals surface area contributed by atoms with Crippen LogP contribution < -0.4 is 16.1 Å². The smallest absolute Gasteiger partial charge is 0.358 e. The van der Waals surface area contributed by atoms with E-state index in [9.17, 15) is 22.8 Å². The van der Waals surface area contributed by atoms with E-state index in [-0.39, 0.29) is 33.8 Å². The Hall–Kier alpha value is -3.05. The van der Waals surface area contributed by atoms with Gasteiger partial charge in [-0.1, -0.05) is 36.0 Å². The Balaban J connectivity index is 2.24. The molecule has 0 bridgehead atoms. The molecule has 0 amide bonds. The van der Waals surface area contributed by atoms with Crippen molar-refractivity contribution in [3.8, 4) is 11.4 Å². The fourth-order valence-corrected chi connectivity index (χ4v) is 3.43. The van der Waals surface area contributed by atoms with Gasteiger partial charge < -0.3 is 4.74 Å². The molecule has 7 nitrogen and oxygen atoms in total. The van der Waals surface area contributed by atoms with E-state index in [1.807, 2.05) is 0 Å².